The van der Waals surface area contributed by atoms with E-state index in [1.165, 1.54) is 6.07 Å². The van der Waals surface area contributed by atoms with E-state index in [1.54, 1.807) is 44.2 Å². The molecule has 0 unspecified atom stereocenters. The Morgan fingerprint density at radius 2 is 1.97 bits per heavy atom. The van der Waals surface area contributed by atoms with Crippen molar-refractivity contribution in [2.24, 2.45) is 0 Å². The molecule has 0 aliphatic carbocycles. The molecule has 0 radical (unpaired) electrons. The largest absolute Gasteiger partial charge is 0.865 e. The summed E-state index contributed by atoms with van der Waals surface area (Å²) in [7, 11) is 0. The molecule has 1 aliphatic heterocycles. The standard InChI is InChI=1S/C20H20N4O6/c1-3-30-15-10-12(9-14(18(15)25)24(28)29)17-16(11(2)21-20(27)23-17)19(26)22-13-7-5-4-6-8-13/h4-10,17,25H,3H2,1-2H3,(H,22,26)(H2,21,23,27)/p-1/t17-/m0/s1. The summed E-state index contributed by atoms with van der Waals surface area (Å²) in [6.07, 6.45) is 0. The Hall–Kier alpha value is -4.08. The van der Waals surface area contributed by atoms with Gasteiger partial charge in [0.25, 0.3) is 11.6 Å². The van der Waals surface area contributed by atoms with Crippen LogP contribution >= 0.6 is 0 Å². The van der Waals surface area contributed by atoms with Crippen LogP contribution in [0.3, 0.4) is 0 Å². The molecular weight excluding hydrogens is 392 g/mol. The fourth-order valence-electron chi connectivity index (χ4n) is 3.14. The molecule has 2 aromatic rings. The minimum atomic E-state index is -1.03. The monoisotopic (exact) mass is 411 g/mol. The zero-order chi connectivity index (χ0) is 21.8. The van der Waals surface area contributed by atoms with E-state index in [1.807, 2.05) is 0 Å². The van der Waals surface area contributed by atoms with Gasteiger partial charge in [-0.05, 0) is 37.6 Å². The summed E-state index contributed by atoms with van der Waals surface area (Å²) >= 11 is 0. The summed E-state index contributed by atoms with van der Waals surface area (Å²) in [6, 6.07) is 9.43. The number of amides is 3. The molecule has 1 atom stereocenters. The van der Waals surface area contributed by atoms with Crippen LogP contribution in [-0.2, 0) is 4.79 Å². The number of carbonyl (C=O) groups excluding carboxylic acids is 2. The van der Waals surface area contributed by atoms with Crippen molar-refractivity contribution in [1.82, 2.24) is 10.6 Å². The Bertz CT molecular complexity index is 1040. The van der Waals surface area contributed by atoms with Gasteiger partial charge < -0.3 is 25.8 Å². The van der Waals surface area contributed by atoms with Crippen LogP contribution in [0.4, 0.5) is 16.2 Å². The average Bonchev–Trinajstić information content (AvgIpc) is 2.69. The van der Waals surface area contributed by atoms with Crippen LogP contribution in [0, 0.1) is 10.1 Å². The number of benzene rings is 2. The molecule has 3 N–H and O–H groups in total. The van der Waals surface area contributed by atoms with Gasteiger partial charge in [0.05, 0.1) is 23.1 Å². The fourth-order valence-corrected chi connectivity index (χ4v) is 3.14. The molecule has 1 heterocycles. The van der Waals surface area contributed by atoms with Gasteiger partial charge in [-0.1, -0.05) is 18.2 Å². The lowest BCUT2D eigenvalue weighted by Crippen LogP contribution is -2.46. The summed E-state index contributed by atoms with van der Waals surface area (Å²) in [4.78, 5) is 35.6. The van der Waals surface area contributed by atoms with Gasteiger partial charge in [-0.3, -0.25) is 14.9 Å². The lowest BCUT2D eigenvalue weighted by atomic mass is 9.94. The SMILES string of the molecule is CCOc1cc([C@@H]2NC(=O)NC(C)=C2C(=O)Nc2ccccc2)cc([N+](=O)[O-])c1[O-]. The second-order valence-electron chi connectivity index (χ2n) is 6.45. The van der Waals surface area contributed by atoms with E-state index in [0.29, 0.717) is 5.69 Å². The molecule has 156 valence electrons. The van der Waals surface area contributed by atoms with E-state index in [4.69, 9.17) is 4.74 Å². The Morgan fingerprint density at radius 1 is 1.27 bits per heavy atom. The lowest BCUT2D eigenvalue weighted by Gasteiger charge is -2.29. The number of nitrogens with zero attached hydrogens (tertiary/aromatic N) is 1. The molecule has 0 spiro atoms. The normalized spacial score (nSPS) is 15.8. The molecule has 0 saturated heterocycles. The van der Waals surface area contributed by atoms with Gasteiger partial charge >= 0.3 is 6.03 Å². The number of nitro groups is 1. The third-order valence-corrected chi connectivity index (χ3v) is 4.43. The maximum atomic E-state index is 13.0. The quantitative estimate of drug-likeness (QED) is 0.491. The predicted molar refractivity (Wildman–Crippen MR) is 106 cm³/mol. The molecule has 10 heteroatoms. The number of hydrogen-bond acceptors (Lipinski definition) is 6. The summed E-state index contributed by atoms with van der Waals surface area (Å²) in [5.74, 6) is -1.61. The average molecular weight is 411 g/mol. The second-order valence-corrected chi connectivity index (χ2v) is 6.45. The Labute approximate surface area is 171 Å². The highest BCUT2D eigenvalue weighted by Crippen LogP contribution is 2.39. The van der Waals surface area contributed by atoms with Crippen molar-refractivity contribution in [2.45, 2.75) is 19.9 Å². The number of urea groups is 1. The zero-order valence-corrected chi connectivity index (χ0v) is 16.2. The van der Waals surface area contributed by atoms with Crippen LogP contribution in [0.2, 0.25) is 0 Å². The number of allylic oxidation sites excluding steroid dienone is 1. The Kier molecular flexibility index (Phi) is 5.86. The van der Waals surface area contributed by atoms with Crippen LogP contribution in [0.1, 0.15) is 25.5 Å². The number of rotatable bonds is 6. The highest BCUT2D eigenvalue weighted by Gasteiger charge is 2.33. The van der Waals surface area contributed by atoms with Crippen molar-refractivity contribution in [1.29, 1.82) is 0 Å². The first-order valence-electron chi connectivity index (χ1n) is 9.08. The van der Waals surface area contributed by atoms with Gasteiger partial charge in [-0.25, -0.2) is 4.79 Å². The summed E-state index contributed by atoms with van der Waals surface area (Å²) in [5, 5.41) is 31.5. The number of ether oxygens (including phenoxy) is 1. The van der Waals surface area contributed by atoms with Crippen molar-refractivity contribution in [2.75, 3.05) is 11.9 Å². The molecule has 0 aromatic heterocycles. The molecule has 0 bridgehead atoms. The molecule has 0 fully saturated rings. The number of nitro benzene ring substituents is 1. The van der Waals surface area contributed by atoms with Crippen LogP contribution in [0.15, 0.2) is 53.7 Å². The van der Waals surface area contributed by atoms with Crippen LogP contribution in [0.5, 0.6) is 11.5 Å². The third-order valence-electron chi connectivity index (χ3n) is 4.43. The highest BCUT2D eigenvalue weighted by molar-refractivity contribution is 6.06. The van der Waals surface area contributed by atoms with Crippen molar-refractivity contribution in [3.8, 4) is 11.5 Å². The minimum absolute atomic E-state index is 0.116. The fraction of sp³-hybridized carbons (Fsp3) is 0.200. The first-order valence-corrected chi connectivity index (χ1v) is 9.08. The van der Waals surface area contributed by atoms with Gasteiger partial charge in [0.1, 0.15) is 5.75 Å². The predicted octanol–water partition coefficient (Wildman–Crippen LogP) is 2.33. The Morgan fingerprint density at radius 3 is 2.60 bits per heavy atom. The van der Waals surface area contributed by atoms with E-state index in [2.05, 4.69) is 16.0 Å². The number of anilines is 1. The zero-order valence-electron chi connectivity index (χ0n) is 16.2. The van der Waals surface area contributed by atoms with Crippen LogP contribution < -0.4 is 25.8 Å². The van der Waals surface area contributed by atoms with Crippen molar-refractivity contribution < 1.29 is 24.4 Å². The van der Waals surface area contributed by atoms with Gasteiger partial charge in [-0.2, -0.15) is 0 Å². The van der Waals surface area contributed by atoms with E-state index < -0.39 is 34.3 Å². The first-order chi connectivity index (χ1) is 14.3. The van der Waals surface area contributed by atoms with E-state index in [-0.39, 0.29) is 29.2 Å². The van der Waals surface area contributed by atoms with E-state index in [0.717, 1.165) is 6.07 Å². The molecule has 3 rings (SSSR count). The number of para-hydroxylation sites is 1. The molecule has 30 heavy (non-hydrogen) atoms. The second kappa shape index (κ2) is 8.52. The maximum absolute atomic E-state index is 13.0. The Balaban J connectivity index is 2.07. The van der Waals surface area contributed by atoms with Crippen LogP contribution in [0.25, 0.3) is 0 Å². The summed E-state index contributed by atoms with van der Waals surface area (Å²) < 4.78 is 5.24. The lowest BCUT2D eigenvalue weighted by molar-refractivity contribution is -0.398. The van der Waals surface area contributed by atoms with Crippen molar-refractivity contribution in [3.05, 3.63) is 69.4 Å². The van der Waals surface area contributed by atoms with Crippen molar-refractivity contribution >= 4 is 23.3 Å². The molecule has 10 nitrogen and oxygen atoms in total. The van der Waals surface area contributed by atoms with E-state index >= 15 is 0 Å². The molecule has 2 aromatic carbocycles. The summed E-state index contributed by atoms with van der Waals surface area (Å²) in [6.45, 7) is 3.29. The minimum Gasteiger partial charge on any atom is -0.865 e. The smallest absolute Gasteiger partial charge is 0.319 e. The summed E-state index contributed by atoms with van der Waals surface area (Å²) in [5.41, 5.74) is 0.438. The van der Waals surface area contributed by atoms with Gasteiger partial charge in [0, 0.05) is 23.2 Å². The van der Waals surface area contributed by atoms with Gasteiger partial charge in [0.15, 0.2) is 0 Å². The molecule has 0 saturated carbocycles. The van der Waals surface area contributed by atoms with E-state index in [9.17, 15) is 24.8 Å². The number of hydrogen-bond donors (Lipinski definition) is 3. The first kappa shape index (κ1) is 20.6. The van der Waals surface area contributed by atoms with Gasteiger partial charge in [-0.15, -0.1) is 0 Å². The number of carbonyl (C=O) groups is 2. The van der Waals surface area contributed by atoms with Gasteiger partial charge in [0.2, 0.25) is 0 Å². The molecule has 3 amide bonds. The third kappa shape index (κ3) is 4.17. The van der Waals surface area contributed by atoms with Crippen molar-refractivity contribution in [3.63, 3.8) is 0 Å². The molecule has 1 aliphatic rings. The maximum Gasteiger partial charge on any atom is 0.319 e. The number of nitrogens with one attached hydrogen (secondary N) is 3. The molecular formula is C20H19N4O6-. The van der Waals surface area contributed by atoms with Crippen LogP contribution in [-0.4, -0.2) is 23.5 Å². The topological polar surface area (TPSA) is 146 Å². The highest BCUT2D eigenvalue weighted by atomic mass is 16.6.